The van der Waals surface area contributed by atoms with Gasteiger partial charge in [-0.1, -0.05) is 18.2 Å². The first-order valence-corrected chi connectivity index (χ1v) is 8.88. The fourth-order valence-electron chi connectivity index (χ4n) is 3.36. The molecule has 0 radical (unpaired) electrons. The molecular weight excluding hydrogens is 331 g/mol. The van der Waals surface area contributed by atoms with Crippen LogP contribution in [-0.4, -0.2) is 24.0 Å². The summed E-state index contributed by atoms with van der Waals surface area (Å²) >= 11 is 0. The van der Waals surface area contributed by atoms with Crippen molar-refractivity contribution in [2.24, 2.45) is 0 Å². The van der Waals surface area contributed by atoms with Crippen molar-refractivity contribution in [1.29, 1.82) is 0 Å². The monoisotopic (exact) mass is 352 g/mol. The number of aromatic amines is 1. The van der Waals surface area contributed by atoms with Gasteiger partial charge >= 0.3 is 0 Å². The van der Waals surface area contributed by atoms with Gasteiger partial charge < -0.3 is 15.0 Å². The molecule has 1 aliphatic rings. The summed E-state index contributed by atoms with van der Waals surface area (Å²) in [7, 11) is 0. The second-order valence-electron chi connectivity index (χ2n) is 6.86. The van der Waals surface area contributed by atoms with Crippen LogP contribution in [0.5, 0.6) is 5.75 Å². The molecule has 4 rings (SSSR count). The van der Waals surface area contributed by atoms with E-state index in [1.54, 1.807) is 0 Å². The number of ether oxygens (including phenoxy) is 1. The lowest BCUT2D eigenvalue weighted by Crippen LogP contribution is -2.32. The van der Waals surface area contributed by atoms with Crippen molar-refractivity contribution in [3.63, 3.8) is 0 Å². The minimum atomic E-state index is -0.248. The highest BCUT2D eigenvalue weighted by Gasteiger charge is 2.45. The van der Waals surface area contributed by atoms with Crippen LogP contribution in [0.2, 0.25) is 0 Å². The summed E-state index contributed by atoms with van der Waals surface area (Å²) < 4.78 is 18.9. The summed E-state index contributed by atoms with van der Waals surface area (Å²) in [5, 5.41) is 4.06. The fourth-order valence-corrected chi connectivity index (χ4v) is 3.36. The molecule has 5 heteroatoms. The van der Waals surface area contributed by atoms with Gasteiger partial charge in [0.15, 0.2) is 0 Å². The van der Waals surface area contributed by atoms with Crippen molar-refractivity contribution in [2.45, 2.75) is 24.7 Å². The minimum absolute atomic E-state index is 0.0157. The van der Waals surface area contributed by atoms with Crippen LogP contribution in [0.3, 0.4) is 0 Å². The van der Waals surface area contributed by atoms with E-state index in [4.69, 9.17) is 4.74 Å². The first-order valence-electron chi connectivity index (χ1n) is 8.88. The Labute approximate surface area is 151 Å². The van der Waals surface area contributed by atoms with Gasteiger partial charge in [0.2, 0.25) is 5.91 Å². The number of hydrogen-bond acceptors (Lipinski definition) is 2. The Morgan fingerprint density at radius 1 is 1.19 bits per heavy atom. The highest BCUT2D eigenvalue weighted by atomic mass is 19.1. The van der Waals surface area contributed by atoms with Crippen LogP contribution >= 0.6 is 0 Å². The van der Waals surface area contributed by atoms with Crippen molar-refractivity contribution in [2.75, 3.05) is 13.2 Å². The zero-order valence-corrected chi connectivity index (χ0v) is 14.4. The molecule has 0 unspecified atom stereocenters. The molecule has 0 aliphatic heterocycles. The van der Waals surface area contributed by atoms with Gasteiger partial charge in [0, 0.05) is 29.1 Å². The molecule has 1 aliphatic carbocycles. The van der Waals surface area contributed by atoms with Gasteiger partial charge in [0.1, 0.15) is 11.6 Å². The molecule has 1 fully saturated rings. The second kappa shape index (κ2) is 6.83. The van der Waals surface area contributed by atoms with Gasteiger partial charge in [-0.25, -0.2) is 4.39 Å². The van der Waals surface area contributed by atoms with Gasteiger partial charge in [-0.05, 0) is 48.7 Å². The van der Waals surface area contributed by atoms with Crippen LogP contribution < -0.4 is 10.1 Å². The smallest absolute Gasteiger partial charge is 0.223 e. The van der Waals surface area contributed by atoms with E-state index < -0.39 is 0 Å². The molecule has 134 valence electrons. The molecule has 1 amide bonds. The molecule has 1 heterocycles. The number of aromatic nitrogens is 1. The number of halogens is 1. The summed E-state index contributed by atoms with van der Waals surface area (Å²) in [6.45, 7) is 0.955. The Morgan fingerprint density at radius 3 is 2.77 bits per heavy atom. The van der Waals surface area contributed by atoms with Crippen LogP contribution in [0.1, 0.15) is 24.8 Å². The summed E-state index contributed by atoms with van der Waals surface area (Å²) in [5.41, 5.74) is 1.92. The first-order chi connectivity index (χ1) is 12.7. The Kier molecular flexibility index (Phi) is 4.37. The number of H-pyrrole nitrogens is 1. The lowest BCUT2D eigenvalue weighted by Gasteiger charge is -2.16. The maximum Gasteiger partial charge on any atom is 0.223 e. The molecule has 1 saturated carbocycles. The van der Waals surface area contributed by atoms with Gasteiger partial charge in [-0.3, -0.25) is 4.79 Å². The maximum absolute atomic E-state index is 13.4. The van der Waals surface area contributed by atoms with Crippen molar-refractivity contribution < 1.29 is 13.9 Å². The highest BCUT2D eigenvalue weighted by molar-refractivity contribution is 5.85. The average Bonchev–Trinajstić information content (AvgIpc) is 3.32. The SMILES string of the molecule is O=C(CCOc1ccccc1)NCC1(c2c[nH]c3cc(F)ccc23)CC1. The number of fused-ring (bicyclic) bond motifs is 1. The number of hydrogen-bond donors (Lipinski definition) is 2. The van der Waals surface area contributed by atoms with Crippen LogP contribution in [0.15, 0.2) is 54.7 Å². The van der Waals surface area contributed by atoms with E-state index in [0.29, 0.717) is 19.6 Å². The molecule has 0 atom stereocenters. The van der Waals surface area contributed by atoms with Crippen LogP contribution in [0.4, 0.5) is 4.39 Å². The van der Waals surface area contributed by atoms with Gasteiger partial charge in [0.25, 0.3) is 0 Å². The first kappa shape index (κ1) is 16.6. The quantitative estimate of drug-likeness (QED) is 0.677. The number of nitrogens with one attached hydrogen (secondary N) is 2. The van der Waals surface area contributed by atoms with E-state index >= 15 is 0 Å². The second-order valence-corrected chi connectivity index (χ2v) is 6.86. The topological polar surface area (TPSA) is 54.1 Å². The summed E-state index contributed by atoms with van der Waals surface area (Å²) in [5.74, 6) is 0.505. The van der Waals surface area contributed by atoms with E-state index in [2.05, 4.69) is 10.3 Å². The summed E-state index contributed by atoms with van der Waals surface area (Å²) in [4.78, 5) is 15.3. The molecule has 0 bridgehead atoms. The number of para-hydroxylation sites is 1. The predicted octanol–water partition coefficient (Wildman–Crippen LogP) is 3.92. The number of carbonyl (C=O) groups is 1. The summed E-state index contributed by atoms with van der Waals surface area (Å²) in [6, 6.07) is 14.3. The lowest BCUT2D eigenvalue weighted by molar-refractivity contribution is -0.121. The zero-order valence-electron chi connectivity index (χ0n) is 14.4. The molecule has 2 N–H and O–H groups in total. The summed E-state index contributed by atoms with van der Waals surface area (Å²) in [6.07, 6.45) is 4.32. The molecule has 26 heavy (non-hydrogen) atoms. The zero-order chi connectivity index (χ0) is 18.0. The van der Waals surface area contributed by atoms with Gasteiger partial charge in [-0.15, -0.1) is 0 Å². The third-order valence-electron chi connectivity index (χ3n) is 5.03. The van der Waals surface area contributed by atoms with Crippen molar-refractivity contribution >= 4 is 16.8 Å². The third kappa shape index (κ3) is 3.43. The maximum atomic E-state index is 13.4. The van der Waals surface area contributed by atoms with Crippen molar-refractivity contribution in [3.05, 3.63) is 66.1 Å². The molecule has 1 aromatic heterocycles. The Morgan fingerprint density at radius 2 is 2.00 bits per heavy atom. The molecule has 3 aromatic rings. The molecule has 0 spiro atoms. The van der Waals surface area contributed by atoms with Crippen LogP contribution in [0.25, 0.3) is 10.9 Å². The highest BCUT2D eigenvalue weighted by Crippen LogP contribution is 2.50. The predicted molar refractivity (Wildman–Crippen MR) is 98.7 cm³/mol. The Hall–Kier alpha value is -2.82. The fraction of sp³-hybridized carbons (Fsp3) is 0.286. The number of amides is 1. The normalized spacial score (nSPS) is 15.0. The van der Waals surface area contributed by atoms with E-state index in [1.165, 1.54) is 12.1 Å². The molecule has 4 nitrogen and oxygen atoms in total. The largest absolute Gasteiger partial charge is 0.493 e. The number of benzene rings is 2. The van der Waals surface area contributed by atoms with Crippen LogP contribution in [0, 0.1) is 5.82 Å². The Balaban J connectivity index is 1.33. The van der Waals surface area contributed by atoms with Crippen molar-refractivity contribution in [3.8, 4) is 5.75 Å². The number of carbonyl (C=O) groups excluding carboxylic acids is 1. The number of rotatable bonds is 7. The van der Waals surface area contributed by atoms with Crippen LogP contribution in [-0.2, 0) is 10.2 Å². The molecule has 0 saturated heterocycles. The lowest BCUT2D eigenvalue weighted by atomic mass is 9.95. The van der Waals surface area contributed by atoms with Gasteiger partial charge in [-0.2, -0.15) is 0 Å². The molecular formula is C21H21FN2O2. The van der Waals surface area contributed by atoms with E-state index in [9.17, 15) is 9.18 Å². The standard InChI is InChI=1S/C21H21FN2O2/c22-15-6-7-17-18(13-23-19(17)12-15)21(9-10-21)14-24-20(25)8-11-26-16-4-2-1-3-5-16/h1-7,12-13,23H,8-11,14H2,(H,24,25). The van der Waals surface area contributed by atoms with E-state index in [-0.39, 0.29) is 17.1 Å². The average molecular weight is 352 g/mol. The van der Waals surface area contributed by atoms with E-state index in [0.717, 1.165) is 35.1 Å². The minimum Gasteiger partial charge on any atom is -0.493 e. The molecule has 2 aromatic carbocycles. The Bertz CT molecular complexity index is 916. The third-order valence-corrected chi connectivity index (χ3v) is 5.03. The van der Waals surface area contributed by atoms with Gasteiger partial charge in [0.05, 0.1) is 13.0 Å². The van der Waals surface area contributed by atoms with E-state index in [1.807, 2.05) is 42.6 Å². The van der Waals surface area contributed by atoms with Crippen molar-refractivity contribution in [1.82, 2.24) is 10.3 Å².